The molecule has 0 aliphatic carbocycles. The Bertz CT molecular complexity index is 1250. The number of nitrogens with one attached hydrogen (secondary N) is 2. The largest absolute Gasteiger partial charge is 0.416 e. The van der Waals surface area contributed by atoms with Gasteiger partial charge in [0.25, 0.3) is 0 Å². The van der Waals surface area contributed by atoms with Crippen LogP contribution in [-0.4, -0.2) is 23.0 Å². The van der Waals surface area contributed by atoms with E-state index in [0.29, 0.717) is 11.5 Å². The number of nitrogens with zero attached hydrogens (tertiary/aromatic N) is 2. The minimum Gasteiger partial charge on any atom is -0.342 e. The number of hydrogen-bond donors (Lipinski definition) is 2. The van der Waals surface area contributed by atoms with Crippen molar-refractivity contribution in [1.29, 1.82) is 0 Å². The van der Waals surface area contributed by atoms with E-state index in [9.17, 15) is 13.2 Å². The van der Waals surface area contributed by atoms with Crippen LogP contribution in [0.4, 0.5) is 24.5 Å². The second-order valence-corrected chi connectivity index (χ2v) is 9.62. The van der Waals surface area contributed by atoms with Crippen molar-refractivity contribution in [2.24, 2.45) is 0 Å². The van der Waals surface area contributed by atoms with Crippen molar-refractivity contribution in [3.63, 3.8) is 0 Å². The van der Waals surface area contributed by atoms with Crippen molar-refractivity contribution in [2.45, 2.75) is 59.2 Å². The predicted molar refractivity (Wildman–Crippen MR) is 157 cm³/mol. The summed E-state index contributed by atoms with van der Waals surface area (Å²) in [5.41, 5.74) is 4.94. The van der Waals surface area contributed by atoms with Gasteiger partial charge in [-0.15, -0.1) is 0 Å². The lowest BCUT2D eigenvalue weighted by molar-refractivity contribution is -0.138. The van der Waals surface area contributed by atoms with Gasteiger partial charge in [-0.25, -0.2) is 0 Å². The topological polar surface area (TPSA) is 40.2 Å². The van der Waals surface area contributed by atoms with Crippen LogP contribution >= 0.6 is 0 Å². The predicted octanol–water partition coefficient (Wildman–Crippen LogP) is 8.98. The van der Waals surface area contributed by atoms with Crippen LogP contribution in [0, 0.1) is 0 Å². The molecule has 0 saturated heterocycles. The molecule has 1 heterocycles. The van der Waals surface area contributed by atoms with Crippen molar-refractivity contribution in [3.8, 4) is 11.1 Å². The molecule has 3 rings (SSSR count). The number of aromatic nitrogens is 1. The molecule has 0 amide bonds. The zero-order valence-corrected chi connectivity index (χ0v) is 23.2. The fraction of sp³-hybridized carbons (Fsp3) is 0.344. The average Bonchev–Trinajstić information content (AvgIpc) is 2.91. The van der Waals surface area contributed by atoms with Gasteiger partial charge >= 0.3 is 6.18 Å². The number of unbranched alkanes of at least 4 members (excludes halogenated alkanes) is 1. The molecule has 0 spiro atoms. The monoisotopic (exact) mass is 536 g/mol. The number of halogens is 3. The molecule has 3 aromatic rings. The quantitative estimate of drug-likeness (QED) is 0.216. The SMILES string of the molecule is C=Cc1c(CC)cncc1-c1ccc(NC(=C)Nc2ccc(CN(CCC)CCCC)c(C(F)(F)F)c2)cc1. The molecule has 0 radical (unpaired) electrons. The van der Waals surface area contributed by atoms with E-state index in [2.05, 4.69) is 47.5 Å². The molecule has 1 aromatic heterocycles. The van der Waals surface area contributed by atoms with Crippen LogP contribution in [0.5, 0.6) is 0 Å². The van der Waals surface area contributed by atoms with E-state index in [1.54, 1.807) is 12.1 Å². The van der Waals surface area contributed by atoms with Crippen LogP contribution in [0.25, 0.3) is 17.2 Å². The highest BCUT2D eigenvalue weighted by molar-refractivity contribution is 5.77. The third-order valence-corrected chi connectivity index (χ3v) is 6.62. The molecule has 0 atom stereocenters. The summed E-state index contributed by atoms with van der Waals surface area (Å²) >= 11 is 0. The van der Waals surface area contributed by atoms with Gasteiger partial charge in [0, 0.05) is 35.9 Å². The van der Waals surface area contributed by atoms with E-state index >= 15 is 0 Å². The summed E-state index contributed by atoms with van der Waals surface area (Å²) in [6, 6.07) is 12.1. The molecule has 208 valence electrons. The van der Waals surface area contributed by atoms with E-state index < -0.39 is 11.7 Å². The number of anilines is 2. The molecule has 7 heteroatoms. The van der Waals surface area contributed by atoms with E-state index in [0.717, 1.165) is 66.7 Å². The summed E-state index contributed by atoms with van der Waals surface area (Å²) in [7, 11) is 0. The molecule has 39 heavy (non-hydrogen) atoms. The Morgan fingerprint density at radius 3 is 2.23 bits per heavy atom. The molecule has 0 aliphatic rings. The Morgan fingerprint density at radius 1 is 0.923 bits per heavy atom. The first-order valence-electron chi connectivity index (χ1n) is 13.5. The summed E-state index contributed by atoms with van der Waals surface area (Å²) in [6.07, 6.45) is 4.81. The van der Waals surface area contributed by atoms with E-state index in [-0.39, 0.29) is 12.1 Å². The second kappa shape index (κ2) is 14.0. The van der Waals surface area contributed by atoms with Crippen LogP contribution in [0.2, 0.25) is 0 Å². The Labute approximate surface area is 230 Å². The lowest BCUT2D eigenvalue weighted by Crippen LogP contribution is -2.26. The fourth-order valence-electron chi connectivity index (χ4n) is 4.64. The molecular formula is C32H39F3N4. The first-order valence-corrected chi connectivity index (χ1v) is 13.5. The number of pyridine rings is 1. The molecular weight excluding hydrogens is 497 g/mol. The van der Waals surface area contributed by atoms with Crippen LogP contribution in [0.1, 0.15) is 62.3 Å². The van der Waals surface area contributed by atoms with Crippen molar-refractivity contribution in [3.05, 3.63) is 96.1 Å². The smallest absolute Gasteiger partial charge is 0.342 e. The first-order chi connectivity index (χ1) is 18.7. The molecule has 0 unspecified atom stereocenters. The van der Waals surface area contributed by atoms with Crippen LogP contribution in [0.15, 0.2) is 73.8 Å². The maximum atomic E-state index is 14.0. The molecule has 4 nitrogen and oxygen atoms in total. The third kappa shape index (κ3) is 8.20. The van der Waals surface area contributed by atoms with Crippen LogP contribution in [-0.2, 0) is 19.1 Å². The molecule has 2 N–H and O–H groups in total. The van der Waals surface area contributed by atoms with Gasteiger partial charge < -0.3 is 10.6 Å². The molecule has 2 aromatic carbocycles. The highest BCUT2D eigenvalue weighted by Gasteiger charge is 2.34. The van der Waals surface area contributed by atoms with Crippen molar-refractivity contribution >= 4 is 17.5 Å². The van der Waals surface area contributed by atoms with Crippen molar-refractivity contribution < 1.29 is 13.2 Å². The lowest BCUT2D eigenvalue weighted by atomic mass is 9.97. The number of aryl methyl sites for hydroxylation is 1. The molecule has 0 saturated carbocycles. The number of alkyl halides is 3. The first kappa shape index (κ1) is 30.0. The average molecular weight is 537 g/mol. The summed E-state index contributed by atoms with van der Waals surface area (Å²) < 4.78 is 42.0. The summed E-state index contributed by atoms with van der Waals surface area (Å²) in [5.74, 6) is 0.376. The summed E-state index contributed by atoms with van der Waals surface area (Å²) in [4.78, 5) is 6.45. The van der Waals surface area contributed by atoms with Gasteiger partial charge in [-0.2, -0.15) is 13.2 Å². The maximum absolute atomic E-state index is 14.0. The van der Waals surface area contributed by atoms with Gasteiger partial charge in [0.2, 0.25) is 0 Å². The van der Waals surface area contributed by atoms with Gasteiger partial charge in [0.05, 0.1) is 5.56 Å². The van der Waals surface area contributed by atoms with E-state index in [1.165, 1.54) is 6.07 Å². The Kier molecular flexibility index (Phi) is 10.8. The minimum atomic E-state index is -4.45. The Balaban J connectivity index is 1.73. The van der Waals surface area contributed by atoms with E-state index in [1.807, 2.05) is 49.7 Å². The van der Waals surface area contributed by atoms with Crippen LogP contribution < -0.4 is 10.6 Å². The normalized spacial score (nSPS) is 11.5. The number of hydrogen-bond acceptors (Lipinski definition) is 4. The second-order valence-electron chi connectivity index (χ2n) is 9.62. The maximum Gasteiger partial charge on any atom is 0.416 e. The van der Waals surface area contributed by atoms with Crippen LogP contribution in [0.3, 0.4) is 0 Å². The van der Waals surface area contributed by atoms with Gasteiger partial charge in [0.15, 0.2) is 0 Å². The minimum absolute atomic E-state index is 0.277. The summed E-state index contributed by atoms with van der Waals surface area (Å²) in [5, 5.41) is 6.11. The number of rotatable bonds is 14. The molecule has 0 aliphatic heterocycles. The third-order valence-electron chi connectivity index (χ3n) is 6.62. The summed E-state index contributed by atoms with van der Waals surface area (Å²) in [6.45, 7) is 16.0. The number of benzene rings is 2. The lowest BCUT2D eigenvalue weighted by Gasteiger charge is -2.24. The highest BCUT2D eigenvalue weighted by Crippen LogP contribution is 2.35. The zero-order valence-electron chi connectivity index (χ0n) is 23.2. The van der Waals surface area contributed by atoms with Gasteiger partial charge in [-0.1, -0.05) is 64.6 Å². The van der Waals surface area contributed by atoms with Gasteiger partial charge in [-0.3, -0.25) is 9.88 Å². The van der Waals surface area contributed by atoms with E-state index in [4.69, 9.17) is 0 Å². The van der Waals surface area contributed by atoms with Gasteiger partial charge in [0.1, 0.15) is 5.82 Å². The molecule has 0 bridgehead atoms. The standard InChI is InChI=1S/C32H39F3N4/c1-6-10-18-39(17-7-2)22-26-13-16-28(19-31(26)32(33,34)35)38-23(5)37-27-14-11-25(12-15-27)30-21-36-20-24(8-3)29(30)9-4/h9,11-16,19-21,37-38H,4-8,10,17-18,22H2,1-3H3. The Morgan fingerprint density at radius 2 is 1.62 bits per heavy atom. The van der Waals surface area contributed by atoms with Crippen molar-refractivity contribution in [1.82, 2.24) is 9.88 Å². The molecule has 0 fully saturated rings. The van der Waals surface area contributed by atoms with Gasteiger partial charge in [-0.05, 0) is 78.9 Å². The highest BCUT2D eigenvalue weighted by atomic mass is 19.4. The zero-order chi connectivity index (χ0) is 28.4. The van der Waals surface area contributed by atoms with Crippen molar-refractivity contribution in [2.75, 3.05) is 23.7 Å². The Hall–Kier alpha value is -3.58. The fourth-order valence-corrected chi connectivity index (χ4v) is 4.64.